The van der Waals surface area contributed by atoms with E-state index in [-0.39, 0.29) is 18.1 Å². The summed E-state index contributed by atoms with van der Waals surface area (Å²) in [6, 6.07) is 9.22. The van der Waals surface area contributed by atoms with Crippen molar-refractivity contribution in [2.24, 2.45) is 0 Å². The Morgan fingerprint density at radius 1 is 1.18 bits per heavy atom. The topological polar surface area (TPSA) is 75.7 Å². The minimum atomic E-state index is -0.433. The van der Waals surface area contributed by atoms with Crippen molar-refractivity contribution in [2.45, 2.75) is 6.61 Å². The van der Waals surface area contributed by atoms with Gasteiger partial charge in [0.05, 0.1) is 22.6 Å². The van der Waals surface area contributed by atoms with Crippen molar-refractivity contribution >= 4 is 44.8 Å². The van der Waals surface area contributed by atoms with E-state index in [1.807, 2.05) is 0 Å². The minimum Gasteiger partial charge on any atom is -0.380 e. The number of anilines is 1. The van der Waals surface area contributed by atoms with Crippen molar-refractivity contribution < 1.29 is 23.5 Å². The zero-order valence-corrected chi connectivity index (χ0v) is 15.9. The van der Waals surface area contributed by atoms with Crippen LogP contribution in [0.1, 0.15) is 36.0 Å². The maximum Gasteiger partial charge on any atom is 0.266 e. The van der Waals surface area contributed by atoms with Gasteiger partial charge in [0.2, 0.25) is 0 Å². The molecule has 0 radical (unpaired) electrons. The Bertz CT molecular complexity index is 1150. The van der Waals surface area contributed by atoms with Crippen LogP contribution in [0.4, 0.5) is 10.1 Å². The van der Waals surface area contributed by atoms with Gasteiger partial charge >= 0.3 is 0 Å². The normalized spacial score (nSPS) is 13.3. The van der Waals surface area contributed by atoms with Crippen molar-refractivity contribution in [3.63, 3.8) is 0 Å². The second kappa shape index (κ2) is 6.81. The molecule has 0 aliphatic carbocycles. The Morgan fingerprint density at radius 2 is 1.93 bits per heavy atom. The van der Waals surface area contributed by atoms with E-state index in [2.05, 4.69) is 5.32 Å². The standard InChI is InChI=1S/C20H15FN2O4S/c1-23-19(25)11-7-6-10(8-12(11)20(23)26)22-18(24)17-13(9-27-2)16-14(21)4-3-5-15(16)28-17/h3-8H,9H2,1-2H3,(H,22,24). The van der Waals surface area contributed by atoms with Crippen LogP contribution in [0.3, 0.4) is 0 Å². The molecule has 4 rings (SSSR count). The molecule has 6 nitrogen and oxygen atoms in total. The predicted octanol–water partition coefficient (Wildman–Crippen LogP) is 3.66. The first-order chi connectivity index (χ1) is 13.4. The molecule has 1 N–H and O–H groups in total. The zero-order chi connectivity index (χ0) is 20.0. The smallest absolute Gasteiger partial charge is 0.266 e. The van der Waals surface area contributed by atoms with Gasteiger partial charge in [-0.3, -0.25) is 19.3 Å². The van der Waals surface area contributed by atoms with Gasteiger partial charge in [0.15, 0.2) is 0 Å². The largest absolute Gasteiger partial charge is 0.380 e. The van der Waals surface area contributed by atoms with Crippen LogP contribution in [0.2, 0.25) is 0 Å². The number of hydrogen-bond acceptors (Lipinski definition) is 5. The molecule has 0 saturated carbocycles. The van der Waals surface area contributed by atoms with Gasteiger partial charge in [0, 0.05) is 35.5 Å². The van der Waals surface area contributed by atoms with Crippen LogP contribution in [0.25, 0.3) is 10.1 Å². The number of halogens is 1. The van der Waals surface area contributed by atoms with Crippen LogP contribution in [0.15, 0.2) is 36.4 Å². The average molecular weight is 398 g/mol. The first-order valence-corrected chi connectivity index (χ1v) is 9.20. The summed E-state index contributed by atoms with van der Waals surface area (Å²) in [6.45, 7) is 0.0889. The highest BCUT2D eigenvalue weighted by molar-refractivity contribution is 7.21. The molecule has 0 saturated heterocycles. The fourth-order valence-corrected chi connectivity index (χ4v) is 4.38. The van der Waals surface area contributed by atoms with E-state index >= 15 is 0 Å². The van der Waals surface area contributed by atoms with Gasteiger partial charge in [0.25, 0.3) is 17.7 Å². The summed E-state index contributed by atoms with van der Waals surface area (Å²) in [6.07, 6.45) is 0. The minimum absolute atomic E-state index is 0.0889. The molecular formula is C20H15FN2O4S. The average Bonchev–Trinajstić information content (AvgIpc) is 3.15. The van der Waals surface area contributed by atoms with E-state index in [0.29, 0.717) is 31.8 Å². The Kier molecular flexibility index (Phi) is 4.44. The molecule has 3 amide bonds. The van der Waals surface area contributed by atoms with Crippen LogP contribution in [-0.4, -0.2) is 36.8 Å². The lowest BCUT2D eigenvalue weighted by molar-refractivity contribution is 0.0692. The number of methoxy groups -OCH3 is 1. The number of nitrogens with one attached hydrogen (secondary N) is 1. The number of nitrogens with zero attached hydrogens (tertiary/aromatic N) is 1. The molecule has 2 aromatic carbocycles. The molecule has 1 aliphatic heterocycles. The van der Waals surface area contributed by atoms with Gasteiger partial charge in [-0.15, -0.1) is 11.3 Å². The van der Waals surface area contributed by atoms with Crippen molar-refractivity contribution in [3.05, 3.63) is 63.8 Å². The summed E-state index contributed by atoms with van der Waals surface area (Å²) in [7, 11) is 2.89. The summed E-state index contributed by atoms with van der Waals surface area (Å²) < 4.78 is 20.1. The van der Waals surface area contributed by atoms with Crippen molar-refractivity contribution in [2.75, 3.05) is 19.5 Å². The van der Waals surface area contributed by atoms with Gasteiger partial charge in [-0.2, -0.15) is 0 Å². The molecule has 0 spiro atoms. The third-order valence-electron chi connectivity index (χ3n) is 4.61. The summed E-state index contributed by atoms with van der Waals surface area (Å²) >= 11 is 1.17. The molecule has 1 aromatic heterocycles. The molecule has 0 fully saturated rings. The Balaban J connectivity index is 1.70. The molecule has 0 bridgehead atoms. The van der Waals surface area contributed by atoms with Crippen molar-refractivity contribution in [3.8, 4) is 0 Å². The van der Waals surface area contributed by atoms with E-state index in [1.165, 1.54) is 43.7 Å². The maximum atomic E-state index is 14.3. The van der Waals surface area contributed by atoms with E-state index in [9.17, 15) is 18.8 Å². The van der Waals surface area contributed by atoms with E-state index < -0.39 is 17.6 Å². The fourth-order valence-electron chi connectivity index (χ4n) is 3.26. The lowest BCUT2D eigenvalue weighted by Crippen LogP contribution is -2.24. The summed E-state index contributed by atoms with van der Waals surface area (Å²) in [4.78, 5) is 38.3. The zero-order valence-electron chi connectivity index (χ0n) is 15.0. The third kappa shape index (κ3) is 2.78. The van der Waals surface area contributed by atoms with Crippen molar-refractivity contribution in [1.29, 1.82) is 0 Å². The third-order valence-corrected chi connectivity index (χ3v) is 5.80. The van der Waals surface area contributed by atoms with Gasteiger partial charge in [-0.25, -0.2) is 4.39 Å². The van der Waals surface area contributed by atoms with Gasteiger partial charge in [-0.05, 0) is 30.3 Å². The molecule has 8 heteroatoms. The van der Waals surface area contributed by atoms with Crippen LogP contribution in [0, 0.1) is 5.82 Å². The van der Waals surface area contributed by atoms with Gasteiger partial charge < -0.3 is 10.1 Å². The van der Waals surface area contributed by atoms with E-state index in [1.54, 1.807) is 18.2 Å². The molecule has 142 valence electrons. The molecule has 0 unspecified atom stereocenters. The van der Waals surface area contributed by atoms with Gasteiger partial charge in [-0.1, -0.05) is 6.07 Å². The number of thiophene rings is 1. The Hall–Kier alpha value is -3.10. The highest BCUT2D eigenvalue weighted by Crippen LogP contribution is 2.34. The Labute approximate surface area is 163 Å². The second-order valence-corrected chi connectivity index (χ2v) is 7.39. The first kappa shape index (κ1) is 18.3. The van der Waals surface area contributed by atoms with Crippen LogP contribution < -0.4 is 5.32 Å². The number of fused-ring (bicyclic) bond motifs is 2. The molecule has 1 aliphatic rings. The molecule has 28 heavy (non-hydrogen) atoms. The SMILES string of the molecule is COCc1c(C(=O)Nc2ccc3c(c2)C(=O)N(C)C3=O)sc2cccc(F)c12. The van der Waals surface area contributed by atoms with Crippen LogP contribution >= 0.6 is 11.3 Å². The van der Waals surface area contributed by atoms with E-state index in [0.717, 1.165) is 4.90 Å². The second-order valence-electron chi connectivity index (χ2n) is 6.34. The number of carbonyl (C=O) groups is 3. The number of carbonyl (C=O) groups excluding carboxylic acids is 3. The first-order valence-electron chi connectivity index (χ1n) is 8.39. The van der Waals surface area contributed by atoms with E-state index in [4.69, 9.17) is 4.74 Å². The maximum absolute atomic E-state index is 14.3. The fraction of sp³-hybridized carbons (Fsp3) is 0.150. The molecular weight excluding hydrogens is 383 g/mol. The number of ether oxygens (including phenoxy) is 1. The van der Waals surface area contributed by atoms with Crippen LogP contribution in [-0.2, 0) is 11.3 Å². The Morgan fingerprint density at radius 3 is 2.68 bits per heavy atom. The van der Waals surface area contributed by atoms with Crippen molar-refractivity contribution in [1.82, 2.24) is 4.90 Å². The number of amides is 3. The van der Waals surface area contributed by atoms with Crippen LogP contribution in [0.5, 0.6) is 0 Å². The summed E-state index contributed by atoms with van der Waals surface area (Å²) in [5.41, 5.74) is 1.39. The summed E-state index contributed by atoms with van der Waals surface area (Å²) in [5, 5.41) is 3.10. The molecule has 0 atom stereocenters. The molecule has 3 aromatic rings. The monoisotopic (exact) mass is 398 g/mol. The lowest BCUT2D eigenvalue weighted by atomic mass is 10.1. The highest BCUT2D eigenvalue weighted by Gasteiger charge is 2.33. The number of rotatable bonds is 4. The summed E-state index contributed by atoms with van der Waals surface area (Å²) in [5.74, 6) is -1.64. The number of imide groups is 1. The quantitative estimate of drug-likeness (QED) is 0.681. The van der Waals surface area contributed by atoms with Gasteiger partial charge in [0.1, 0.15) is 5.82 Å². The number of benzene rings is 2. The number of hydrogen-bond donors (Lipinski definition) is 1. The highest BCUT2D eigenvalue weighted by atomic mass is 32.1. The predicted molar refractivity (Wildman–Crippen MR) is 103 cm³/mol. The molecule has 2 heterocycles. The lowest BCUT2D eigenvalue weighted by Gasteiger charge is -2.07.